The smallest absolute Gasteiger partial charge is 0.306 e. The average molecular weight is 877 g/mol. The van der Waals surface area contributed by atoms with Crippen molar-refractivity contribution in [1.82, 2.24) is 0 Å². The van der Waals surface area contributed by atoms with Crippen molar-refractivity contribution in [2.75, 3.05) is 13.2 Å². The van der Waals surface area contributed by atoms with Gasteiger partial charge in [-0.3, -0.25) is 14.4 Å². The third-order valence-electron chi connectivity index (χ3n) is 13.1. The fourth-order valence-corrected chi connectivity index (χ4v) is 8.49. The second-order valence-electron chi connectivity index (χ2n) is 19.9. The van der Waals surface area contributed by atoms with Crippen molar-refractivity contribution in [3.8, 4) is 0 Å². The number of esters is 3. The van der Waals surface area contributed by atoms with Gasteiger partial charge in [-0.1, -0.05) is 272 Å². The van der Waals surface area contributed by atoms with Gasteiger partial charge >= 0.3 is 17.9 Å². The Morgan fingerprint density at radius 2 is 0.613 bits per heavy atom. The molecule has 0 aliphatic heterocycles. The van der Waals surface area contributed by atoms with E-state index in [1.165, 1.54) is 199 Å². The second-order valence-corrected chi connectivity index (χ2v) is 19.9. The lowest BCUT2D eigenvalue weighted by Crippen LogP contribution is -2.30. The summed E-state index contributed by atoms with van der Waals surface area (Å²) in [4.78, 5) is 38.0. The molecule has 0 aromatic heterocycles. The van der Waals surface area contributed by atoms with Crippen LogP contribution in [0.15, 0.2) is 0 Å². The van der Waals surface area contributed by atoms with Crippen LogP contribution in [-0.2, 0) is 28.6 Å². The molecule has 6 nitrogen and oxygen atoms in total. The minimum Gasteiger partial charge on any atom is -0.462 e. The molecule has 0 saturated carbocycles. The molecule has 0 amide bonds. The number of carbonyl (C=O) groups is 3. The van der Waals surface area contributed by atoms with Crippen LogP contribution in [0.5, 0.6) is 0 Å². The molecule has 0 N–H and O–H groups in total. The first-order valence-corrected chi connectivity index (χ1v) is 27.8. The van der Waals surface area contributed by atoms with E-state index in [0.29, 0.717) is 19.3 Å². The summed E-state index contributed by atoms with van der Waals surface area (Å²) in [6.45, 7) is 11.4. The first-order chi connectivity index (χ1) is 30.3. The van der Waals surface area contributed by atoms with Gasteiger partial charge in [0.1, 0.15) is 13.2 Å². The zero-order valence-corrected chi connectivity index (χ0v) is 42.5. The molecule has 1 unspecified atom stereocenters. The quantitative estimate of drug-likeness (QED) is 0.0344. The number of carbonyl (C=O) groups excluding carboxylic acids is 3. The summed E-state index contributed by atoms with van der Waals surface area (Å²) >= 11 is 0. The number of hydrogen-bond donors (Lipinski definition) is 0. The molecule has 0 rings (SSSR count). The van der Waals surface area contributed by atoms with E-state index >= 15 is 0 Å². The number of hydrogen-bond acceptors (Lipinski definition) is 6. The van der Waals surface area contributed by atoms with Gasteiger partial charge in [-0.25, -0.2) is 0 Å². The molecule has 2 atom stereocenters. The highest BCUT2D eigenvalue weighted by molar-refractivity contribution is 5.71. The molecule has 0 heterocycles. The van der Waals surface area contributed by atoms with E-state index in [9.17, 15) is 14.4 Å². The van der Waals surface area contributed by atoms with Gasteiger partial charge in [-0.15, -0.1) is 0 Å². The van der Waals surface area contributed by atoms with Crippen molar-refractivity contribution in [2.24, 2.45) is 11.8 Å². The van der Waals surface area contributed by atoms with Gasteiger partial charge in [-0.2, -0.15) is 0 Å². The molecule has 0 radical (unpaired) electrons. The first kappa shape index (κ1) is 60.4. The fourth-order valence-electron chi connectivity index (χ4n) is 8.49. The number of rotatable bonds is 50. The normalized spacial score (nSPS) is 12.5. The highest BCUT2D eigenvalue weighted by Gasteiger charge is 2.19. The second kappa shape index (κ2) is 48.9. The Bertz CT molecular complexity index is 949. The molecule has 0 spiro atoms. The van der Waals surface area contributed by atoms with E-state index in [1.54, 1.807) is 0 Å². The lowest BCUT2D eigenvalue weighted by atomic mass is 10.00. The van der Waals surface area contributed by atoms with Crippen LogP contribution in [0.3, 0.4) is 0 Å². The molecule has 0 fully saturated rings. The zero-order valence-electron chi connectivity index (χ0n) is 42.5. The van der Waals surface area contributed by atoms with Gasteiger partial charge in [0.25, 0.3) is 0 Å². The van der Waals surface area contributed by atoms with Crippen LogP contribution >= 0.6 is 0 Å². The Kier molecular flexibility index (Phi) is 47.6. The third-order valence-corrected chi connectivity index (χ3v) is 13.1. The summed E-state index contributed by atoms with van der Waals surface area (Å²) in [5.41, 5.74) is 0. The van der Waals surface area contributed by atoms with Gasteiger partial charge in [0.2, 0.25) is 0 Å². The topological polar surface area (TPSA) is 78.9 Å². The van der Waals surface area contributed by atoms with Crippen LogP contribution in [0.4, 0.5) is 0 Å². The molecule has 0 aromatic rings. The molecule has 0 aromatic carbocycles. The SMILES string of the molecule is CCCCCCCCCCCCCCCC(=O)OC[C@@H](COC(=O)CCCCCCCCCCCCCCCCCCCCC(C)C)OC(=O)CCCCCCCCC(C)CC. The Hall–Kier alpha value is -1.59. The van der Waals surface area contributed by atoms with Crippen LogP contribution in [-0.4, -0.2) is 37.2 Å². The van der Waals surface area contributed by atoms with Gasteiger partial charge in [0, 0.05) is 19.3 Å². The predicted octanol–water partition coefficient (Wildman–Crippen LogP) is 18.1. The number of ether oxygens (including phenoxy) is 3. The molecule has 0 bridgehead atoms. The van der Waals surface area contributed by atoms with Crippen LogP contribution in [0.25, 0.3) is 0 Å². The van der Waals surface area contributed by atoms with Crippen LogP contribution in [0.1, 0.15) is 311 Å². The molecule has 0 aliphatic carbocycles. The summed E-state index contributed by atoms with van der Waals surface area (Å²) in [5, 5.41) is 0. The van der Waals surface area contributed by atoms with Crippen molar-refractivity contribution < 1.29 is 28.6 Å². The van der Waals surface area contributed by atoms with E-state index in [0.717, 1.165) is 69.6 Å². The number of unbranched alkanes of at least 4 members (excludes halogenated alkanes) is 34. The van der Waals surface area contributed by atoms with E-state index < -0.39 is 6.10 Å². The van der Waals surface area contributed by atoms with Crippen molar-refractivity contribution in [3.05, 3.63) is 0 Å². The summed E-state index contributed by atoms with van der Waals surface area (Å²) in [7, 11) is 0. The Morgan fingerprint density at radius 1 is 0.339 bits per heavy atom. The van der Waals surface area contributed by atoms with Crippen molar-refractivity contribution in [1.29, 1.82) is 0 Å². The molecular weight excluding hydrogens is 769 g/mol. The predicted molar refractivity (Wildman–Crippen MR) is 266 cm³/mol. The van der Waals surface area contributed by atoms with Gasteiger partial charge in [0.15, 0.2) is 6.10 Å². The summed E-state index contributed by atoms with van der Waals surface area (Å²) in [6.07, 6.45) is 51.0. The van der Waals surface area contributed by atoms with E-state index in [1.807, 2.05) is 0 Å². The maximum Gasteiger partial charge on any atom is 0.306 e. The third kappa shape index (κ3) is 47.9. The lowest BCUT2D eigenvalue weighted by Gasteiger charge is -2.18. The van der Waals surface area contributed by atoms with Gasteiger partial charge < -0.3 is 14.2 Å². The van der Waals surface area contributed by atoms with Crippen LogP contribution < -0.4 is 0 Å². The first-order valence-electron chi connectivity index (χ1n) is 27.8. The van der Waals surface area contributed by atoms with Crippen LogP contribution in [0, 0.1) is 11.8 Å². The summed E-state index contributed by atoms with van der Waals surface area (Å²) in [6, 6.07) is 0. The molecule has 6 heteroatoms. The molecule has 62 heavy (non-hydrogen) atoms. The van der Waals surface area contributed by atoms with Gasteiger partial charge in [-0.05, 0) is 31.1 Å². The Balaban J connectivity index is 4.19. The minimum absolute atomic E-state index is 0.0640. The maximum atomic E-state index is 12.8. The molecule has 0 aliphatic rings. The van der Waals surface area contributed by atoms with Crippen molar-refractivity contribution in [2.45, 2.75) is 317 Å². The maximum absolute atomic E-state index is 12.8. The monoisotopic (exact) mass is 877 g/mol. The lowest BCUT2D eigenvalue weighted by molar-refractivity contribution is -0.167. The fraction of sp³-hybridized carbons (Fsp3) is 0.946. The summed E-state index contributed by atoms with van der Waals surface area (Å²) < 4.78 is 16.8. The molecule has 0 saturated heterocycles. The Morgan fingerprint density at radius 3 is 0.919 bits per heavy atom. The minimum atomic E-state index is -0.762. The van der Waals surface area contributed by atoms with E-state index in [4.69, 9.17) is 14.2 Å². The van der Waals surface area contributed by atoms with E-state index in [2.05, 4.69) is 34.6 Å². The molecule has 368 valence electrons. The Labute approximate surface area is 387 Å². The van der Waals surface area contributed by atoms with Crippen molar-refractivity contribution >= 4 is 17.9 Å². The van der Waals surface area contributed by atoms with Gasteiger partial charge in [0.05, 0.1) is 0 Å². The zero-order chi connectivity index (χ0) is 45.4. The summed E-state index contributed by atoms with van der Waals surface area (Å²) in [5.74, 6) is 0.822. The largest absolute Gasteiger partial charge is 0.462 e. The highest BCUT2D eigenvalue weighted by Crippen LogP contribution is 2.18. The van der Waals surface area contributed by atoms with Crippen molar-refractivity contribution in [3.63, 3.8) is 0 Å². The van der Waals surface area contributed by atoms with Crippen LogP contribution in [0.2, 0.25) is 0 Å². The van der Waals surface area contributed by atoms with E-state index in [-0.39, 0.29) is 31.1 Å². The highest BCUT2D eigenvalue weighted by atomic mass is 16.6. The average Bonchev–Trinajstić information content (AvgIpc) is 3.26. The molecular formula is C56H108O6. The standard InChI is InChI=1S/C56H108O6/c1-6-8-9-10-11-12-13-20-24-27-30-36-41-46-54(57)60-49-53(62-56(59)48-43-38-33-32-35-40-45-52(5)7-2)50-61-55(58)47-42-37-31-28-25-22-19-17-15-14-16-18-21-23-26-29-34-39-44-51(3)4/h51-53H,6-50H2,1-5H3/t52?,53-/m0/s1.